The van der Waals surface area contributed by atoms with Crippen molar-refractivity contribution in [3.05, 3.63) is 42.0 Å². The van der Waals surface area contributed by atoms with Crippen LogP contribution in [0.2, 0.25) is 0 Å². The maximum Gasteiger partial charge on any atom is 0.312 e. The van der Waals surface area contributed by atoms with Crippen molar-refractivity contribution in [1.29, 1.82) is 0 Å². The molecule has 2 bridgehead atoms. The number of fused-ring (bicyclic) bond motifs is 1. The Morgan fingerprint density at radius 2 is 2.04 bits per heavy atom. The number of amides is 1. The largest absolute Gasteiger partial charge is 0.497 e. The molecule has 0 saturated carbocycles. The molecule has 2 fully saturated rings. The van der Waals surface area contributed by atoms with E-state index in [0.717, 1.165) is 11.3 Å². The molecule has 0 unspecified atom stereocenters. The van der Waals surface area contributed by atoms with Gasteiger partial charge < -0.3 is 19.1 Å². The quantitative estimate of drug-likeness (QED) is 0.615. The Labute approximate surface area is 146 Å². The molecule has 6 nitrogen and oxygen atoms in total. The van der Waals surface area contributed by atoms with Crippen molar-refractivity contribution in [2.24, 2.45) is 11.8 Å². The molecule has 132 valence electrons. The van der Waals surface area contributed by atoms with Crippen LogP contribution in [0.4, 0.5) is 0 Å². The van der Waals surface area contributed by atoms with E-state index in [1.54, 1.807) is 12.0 Å². The molecule has 1 amide bonds. The number of nitrogens with zero attached hydrogens (tertiary/aromatic N) is 1. The first-order valence-electron chi connectivity index (χ1n) is 8.40. The van der Waals surface area contributed by atoms with Crippen molar-refractivity contribution in [2.75, 3.05) is 20.8 Å². The smallest absolute Gasteiger partial charge is 0.312 e. The minimum atomic E-state index is -0.707. The standard InChI is InChI=1S/C19H21NO5/c1-11(12-4-6-13(23-2)7-5-12)20-10-19-9-8-14(25-19)15(18(22)24-3)16(19)17(20)21/h4-9,11,14-16H,10H2,1-3H3/t11-,14-,15-,16-,19+/m0/s1. The monoisotopic (exact) mass is 343 g/mol. The van der Waals surface area contributed by atoms with Gasteiger partial charge in [-0.1, -0.05) is 24.3 Å². The molecule has 25 heavy (non-hydrogen) atoms. The van der Waals surface area contributed by atoms with Crippen molar-refractivity contribution < 1.29 is 23.8 Å². The van der Waals surface area contributed by atoms with Gasteiger partial charge in [0.2, 0.25) is 5.91 Å². The van der Waals surface area contributed by atoms with Gasteiger partial charge in [-0.05, 0) is 24.6 Å². The summed E-state index contributed by atoms with van der Waals surface area (Å²) in [7, 11) is 2.97. The SMILES string of the molecule is COC(=O)[C@H]1[C@@H]2C=C[C@]3(CN([C@@H](C)c4ccc(OC)cc4)C(=O)[C@H]13)O2. The Balaban J connectivity index is 1.62. The van der Waals surface area contributed by atoms with Gasteiger partial charge in [-0.2, -0.15) is 0 Å². The van der Waals surface area contributed by atoms with Gasteiger partial charge in [0.1, 0.15) is 17.3 Å². The maximum absolute atomic E-state index is 13.1. The van der Waals surface area contributed by atoms with Gasteiger partial charge in [-0.25, -0.2) is 0 Å². The number of carbonyl (C=O) groups excluding carboxylic acids is 2. The van der Waals surface area contributed by atoms with Gasteiger partial charge in [0.15, 0.2) is 0 Å². The Bertz CT molecular complexity index is 743. The van der Waals surface area contributed by atoms with Crippen LogP contribution >= 0.6 is 0 Å². The fourth-order valence-electron chi connectivity index (χ4n) is 4.32. The number of esters is 1. The number of carbonyl (C=O) groups is 2. The third-order valence-electron chi connectivity index (χ3n) is 5.67. The predicted octanol–water partition coefficient (Wildman–Crippen LogP) is 1.71. The minimum Gasteiger partial charge on any atom is -0.497 e. The molecule has 5 atom stereocenters. The van der Waals surface area contributed by atoms with E-state index >= 15 is 0 Å². The number of likely N-dealkylation sites (tertiary alicyclic amines) is 1. The van der Waals surface area contributed by atoms with Crippen LogP contribution in [0.25, 0.3) is 0 Å². The summed E-state index contributed by atoms with van der Waals surface area (Å²) in [6.45, 7) is 2.44. The first-order chi connectivity index (χ1) is 12.0. The molecule has 2 saturated heterocycles. The van der Waals surface area contributed by atoms with E-state index in [2.05, 4.69) is 0 Å². The van der Waals surface area contributed by atoms with E-state index in [9.17, 15) is 9.59 Å². The molecular weight excluding hydrogens is 322 g/mol. The summed E-state index contributed by atoms with van der Waals surface area (Å²) in [4.78, 5) is 27.1. The van der Waals surface area contributed by atoms with Gasteiger partial charge in [0, 0.05) is 0 Å². The van der Waals surface area contributed by atoms with E-state index in [1.165, 1.54) is 7.11 Å². The number of methoxy groups -OCH3 is 2. The lowest BCUT2D eigenvalue weighted by Gasteiger charge is -2.27. The zero-order valence-corrected chi connectivity index (χ0v) is 14.5. The fraction of sp³-hybridized carbons (Fsp3) is 0.474. The van der Waals surface area contributed by atoms with E-state index in [1.807, 2.05) is 43.3 Å². The third-order valence-corrected chi connectivity index (χ3v) is 5.67. The molecular formula is C19H21NO5. The number of rotatable bonds is 4. The Kier molecular flexibility index (Phi) is 3.61. The second-order valence-corrected chi connectivity index (χ2v) is 6.84. The molecule has 4 rings (SSSR count). The second-order valence-electron chi connectivity index (χ2n) is 6.84. The molecule has 0 aromatic heterocycles. The Morgan fingerprint density at radius 3 is 2.68 bits per heavy atom. The molecule has 1 spiro atoms. The lowest BCUT2D eigenvalue weighted by atomic mass is 9.77. The van der Waals surface area contributed by atoms with E-state index < -0.39 is 17.4 Å². The van der Waals surface area contributed by atoms with E-state index in [-0.39, 0.29) is 24.0 Å². The summed E-state index contributed by atoms with van der Waals surface area (Å²) in [5.74, 6) is -0.722. The lowest BCUT2D eigenvalue weighted by molar-refractivity contribution is -0.151. The zero-order valence-electron chi connectivity index (χ0n) is 14.5. The van der Waals surface area contributed by atoms with Gasteiger partial charge in [0.25, 0.3) is 0 Å². The molecule has 1 aromatic carbocycles. The highest BCUT2D eigenvalue weighted by Gasteiger charge is 2.67. The molecule has 3 heterocycles. The fourth-order valence-corrected chi connectivity index (χ4v) is 4.32. The third kappa shape index (κ3) is 2.20. The predicted molar refractivity (Wildman–Crippen MR) is 88.9 cm³/mol. The van der Waals surface area contributed by atoms with Crippen LogP contribution in [0.1, 0.15) is 18.5 Å². The van der Waals surface area contributed by atoms with Gasteiger partial charge >= 0.3 is 5.97 Å². The summed E-state index contributed by atoms with van der Waals surface area (Å²) in [5, 5.41) is 0. The van der Waals surface area contributed by atoms with E-state index in [0.29, 0.717) is 6.54 Å². The summed E-state index contributed by atoms with van der Waals surface area (Å²) < 4.78 is 16.1. The van der Waals surface area contributed by atoms with Gasteiger partial charge in [0.05, 0.1) is 38.8 Å². The number of benzene rings is 1. The molecule has 3 aliphatic heterocycles. The highest BCUT2D eigenvalue weighted by Crippen LogP contribution is 2.53. The first kappa shape index (κ1) is 16.1. The molecule has 0 aliphatic carbocycles. The van der Waals surface area contributed by atoms with Gasteiger partial charge in [-0.3, -0.25) is 9.59 Å². The second kappa shape index (κ2) is 5.59. The zero-order chi connectivity index (χ0) is 17.8. The molecule has 6 heteroatoms. The Morgan fingerprint density at radius 1 is 1.32 bits per heavy atom. The number of hydrogen-bond acceptors (Lipinski definition) is 5. The molecule has 3 aliphatic rings. The maximum atomic E-state index is 13.1. The highest BCUT2D eigenvalue weighted by molar-refractivity contribution is 5.91. The summed E-state index contributed by atoms with van der Waals surface area (Å²) in [5.41, 5.74) is 0.306. The summed E-state index contributed by atoms with van der Waals surface area (Å²) in [6.07, 6.45) is 3.47. The van der Waals surface area contributed by atoms with Crippen LogP contribution in [0, 0.1) is 11.8 Å². The van der Waals surface area contributed by atoms with Crippen LogP contribution < -0.4 is 4.74 Å². The molecule has 1 aromatic rings. The average Bonchev–Trinajstić information content (AvgIpc) is 3.29. The normalized spacial score (nSPS) is 33.5. The van der Waals surface area contributed by atoms with Crippen LogP contribution in [-0.2, 0) is 19.1 Å². The van der Waals surface area contributed by atoms with Crippen molar-refractivity contribution in [3.63, 3.8) is 0 Å². The highest BCUT2D eigenvalue weighted by atomic mass is 16.5. The van der Waals surface area contributed by atoms with Crippen LogP contribution in [-0.4, -0.2) is 49.2 Å². The average molecular weight is 343 g/mol. The van der Waals surface area contributed by atoms with Crippen molar-refractivity contribution in [1.82, 2.24) is 4.90 Å². The minimum absolute atomic E-state index is 0.0504. The van der Waals surface area contributed by atoms with Gasteiger partial charge in [-0.15, -0.1) is 0 Å². The van der Waals surface area contributed by atoms with Crippen molar-refractivity contribution in [2.45, 2.75) is 24.7 Å². The molecule has 0 N–H and O–H groups in total. The lowest BCUT2D eigenvalue weighted by Crippen LogP contribution is -2.39. The topological polar surface area (TPSA) is 65.1 Å². The van der Waals surface area contributed by atoms with Crippen LogP contribution in [0.3, 0.4) is 0 Å². The molecule has 0 radical (unpaired) electrons. The Hall–Kier alpha value is -2.34. The van der Waals surface area contributed by atoms with Crippen molar-refractivity contribution in [3.8, 4) is 5.75 Å². The summed E-state index contributed by atoms with van der Waals surface area (Å²) in [6, 6.07) is 7.55. The first-order valence-corrected chi connectivity index (χ1v) is 8.40. The van der Waals surface area contributed by atoms with E-state index in [4.69, 9.17) is 14.2 Å². The number of hydrogen-bond donors (Lipinski definition) is 0. The summed E-state index contributed by atoms with van der Waals surface area (Å²) >= 11 is 0. The number of ether oxygens (including phenoxy) is 3. The van der Waals surface area contributed by atoms with Crippen LogP contribution in [0.15, 0.2) is 36.4 Å². The van der Waals surface area contributed by atoms with Crippen molar-refractivity contribution >= 4 is 11.9 Å². The van der Waals surface area contributed by atoms with Crippen LogP contribution in [0.5, 0.6) is 5.75 Å².